The molecule has 0 radical (unpaired) electrons. The summed E-state index contributed by atoms with van der Waals surface area (Å²) in [6.07, 6.45) is 8.12. The van der Waals surface area contributed by atoms with Gasteiger partial charge in [-0.3, -0.25) is 4.79 Å². The van der Waals surface area contributed by atoms with Gasteiger partial charge in [0.1, 0.15) is 6.61 Å². The second-order valence-corrected chi connectivity index (χ2v) is 2.91. The first-order valence-electron chi connectivity index (χ1n) is 4.77. The van der Waals surface area contributed by atoms with Crippen molar-refractivity contribution in [2.45, 2.75) is 0 Å². The number of carbonyl (C=O) groups is 1. The quantitative estimate of drug-likeness (QED) is 0.243. The van der Waals surface area contributed by atoms with Gasteiger partial charge in [-0.1, -0.05) is 12.2 Å². The van der Waals surface area contributed by atoms with Crippen molar-refractivity contribution in [3.8, 4) is 6.19 Å². The monoisotopic (exact) mass is 455 g/mol. The van der Waals surface area contributed by atoms with Crippen LogP contribution in [0, 0.1) is 11.5 Å². The van der Waals surface area contributed by atoms with Gasteiger partial charge in [0.25, 0.3) is 0 Å². The fourth-order valence-electron chi connectivity index (χ4n) is 1.22. The Kier molecular flexibility index (Phi) is 30.2. The van der Waals surface area contributed by atoms with E-state index in [0.717, 1.165) is 6.54 Å². The number of hydrogen-bond donors (Lipinski definition) is 1. The Morgan fingerprint density at radius 3 is 2.27 bits per heavy atom. The molecule has 0 aromatic carbocycles. The first-order chi connectivity index (χ1) is 8.29. The number of carbonyl (C=O) groups excluding carboxylic acids is 1. The molecular weight excluding hydrogens is 446 g/mol. The van der Waals surface area contributed by atoms with Crippen LogP contribution in [-0.4, -0.2) is 30.4 Å². The van der Waals surface area contributed by atoms with E-state index in [-0.39, 0.29) is 75.8 Å². The van der Waals surface area contributed by atoms with Crippen molar-refractivity contribution in [3.63, 3.8) is 0 Å². The molecule has 2 rings (SSSR count). The standard InChI is InChI=1S/C9H9NO2.C2N3.H2N.H2O.3Zn/c11-8-4-2-1-3-7(8)9-10-5-6-12-9;3-1-5-2-4;;;;;/h1-4,10H,5-6H2;;2*1H2;;;/q;2*-1;;;;+2. The summed E-state index contributed by atoms with van der Waals surface area (Å²) in [7, 11) is 0. The predicted octanol–water partition coefficient (Wildman–Crippen LogP) is 0.609. The number of nitrogens with two attached hydrogens (primary N) is 1. The third-order valence-electron chi connectivity index (χ3n) is 1.87. The van der Waals surface area contributed by atoms with Gasteiger partial charge in [0.2, 0.25) is 0 Å². The van der Waals surface area contributed by atoms with E-state index < -0.39 is 0 Å². The second-order valence-electron chi connectivity index (χ2n) is 2.91. The average molecular weight is 459 g/mol. The molecule has 5 N–H and O–H groups in total. The Morgan fingerprint density at radius 2 is 1.91 bits per heavy atom. The molecule has 1 heterocycles. The third-order valence-corrected chi connectivity index (χ3v) is 1.87. The minimum Gasteiger partial charge on any atom is -0.693 e. The molecule has 0 amide bonds. The SMILES string of the molecule is N#CN=C=[N-].O.O=C1C=CC=CC1=C1NCCO1.[NH2-].[Zn+2].[Zn].[Zn]. The Morgan fingerprint density at radius 1 is 1.32 bits per heavy atom. The number of nitrogens with one attached hydrogen (secondary N) is 1. The van der Waals surface area contributed by atoms with E-state index in [0.29, 0.717) is 18.1 Å². The molecule has 0 aromatic heterocycles. The van der Waals surface area contributed by atoms with Crippen LogP contribution in [0.25, 0.3) is 11.6 Å². The van der Waals surface area contributed by atoms with Crippen LogP contribution in [-0.2, 0) is 68.0 Å². The minimum atomic E-state index is 0. The summed E-state index contributed by atoms with van der Waals surface area (Å²) in [6.45, 7) is 1.42. The van der Waals surface area contributed by atoms with Gasteiger partial charge >= 0.3 is 19.5 Å². The first-order valence-corrected chi connectivity index (χ1v) is 4.77. The number of nitrogens with zero attached hydrogens (tertiary/aromatic N) is 3. The number of ketones is 1. The van der Waals surface area contributed by atoms with E-state index in [1.54, 1.807) is 12.2 Å². The Bertz CT molecular complexity index is 486. The van der Waals surface area contributed by atoms with Gasteiger partial charge in [-0.05, 0) is 12.2 Å². The van der Waals surface area contributed by atoms with Crippen LogP contribution in [0.4, 0.5) is 0 Å². The van der Waals surface area contributed by atoms with E-state index >= 15 is 0 Å². The van der Waals surface area contributed by atoms with Gasteiger partial charge in [-0.15, -0.1) is 6.01 Å². The van der Waals surface area contributed by atoms with E-state index in [2.05, 4.69) is 10.3 Å². The molecule has 1 aliphatic heterocycles. The Labute approximate surface area is 166 Å². The zero-order chi connectivity index (χ0) is 12.5. The third kappa shape index (κ3) is 11.8. The summed E-state index contributed by atoms with van der Waals surface area (Å²) < 4.78 is 5.23. The minimum absolute atomic E-state index is 0. The number of rotatable bonds is 0. The van der Waals surface area contributed by atoms with Crippen LogP contribution in [0.2, 0.25) is 0 Å². The van der Waals surface area contributed by atoms with Gasteiger partial charge < -0.3 is 32.1 Å². The topological polar surface area (TPSA) is 162 Å². The number of nitriles is 1. The molecule has 106 valence electrons. The van der Waals surface area contributed by atoms with Crippen LogP contribution in [0.5, 0.6) is 0 Å². The normalized spacial score (nSPS) is 15.7. The van der Waals surface area contributed by atoms with Gasteiger partial charge in [-0.2, -0.15) is 5.26 Å². The molecule has 0 saturated carbocycles. The average Bonchev–Trinajstić information content (AvgIpc) is 2.85. The largest absolute Gasteiger partial charge is 2.00 e. The molecule has 0 aromatic rings. The maximum Gasteiger partial charge on any atom is 2.00 e. The van der Waals surface area contributed by atoms with Crippen molar-refractivity contribution in [1.29, 1.82) is 5.26 Å². The van der Waals surface area contributed by atoms with Crippen molar-refractivity contribution >= 4 is 11.8 Å². The zero-order valence-electron chi connectivity index (χ0n) is 12.1. The summed E-state index contributed by atoms with van der Waals surface area (Å²) >= 11 is 0. The van der Waals surface area contributed by atoms with Crippen LogP contribution < -0.4 is 5.32 Å². The molecule has 1 fully saturated rings. The van der Waals surface area contributed by atoms with E-state index in [4.69, 9.17) is 15.4 Å². The molecule has 1 saturated heterocycles. The summed E-state index contributed by atoms with van der Waals surface area (Å²) in [5.74, 6) is 0.613. The number of hydrogen-bond acceptors (Lipinski definition) is 5. The van der Waals surface area contributed by atoms with Crippen molar-refractivity contribution in [1.82, 2.24) is 5.32 Å². The summed E-state index contributed by atoms with van der Waals surface area (Å²) in [5.41, 5.74) is 0.620. The Balaban J connectivity index is -0.0000000870. The van der Waals surface area contributed by atoms with Crippen LogP contribution in [0.3, 0.4) is 0 Å². The van der Waals surface area contributed by atoms with Crippen LogP contribution in [0.15, 0.2) is 40.8 Å². The maximum absolute atomic E-state index is 11.3. The van der Waals surface area contributed by atoms with E-state index in [1.165, 1.54) is 18.3 Å². The molecule has 0 spiro atoms. The van der Waals surface area contributed by atoms with Gasteiger partial charge in [0, 0.05) is 39.0 Å². The van der Waals surface area contributed by atoms with Gasteiger partial charge in [0.05, 0.1) is 18.3 Å². The molecule has 0 unspecified atom stereocenters. The smallest absolute Gasteiger partial charge is 0.693 e. The number of allylic oxidation sites excluding steroid dienone is 5. The molecule has 11 heteroatoms. The fourth-order valence-corrected chi connectivity index (χ4v) is 1.22. The van der Waals surface area contributed by atoms with E-state index in [1.807, 2.05) is 6.08 Å². The van der Waals surface area contributed by atoms with Gasteiger partial charge in [-0.25, -0.2) is 0 Å². The summed E-state index contributed by atoms with van der Waals surface area (Å²) in [4.78, 5) is 13.8. The summed E-state index contributed by atoms with van der Waals surface area (Å²) in [5, 5.41) is 17.9. The predicted molar refractivity (Wildman–Crippen MR) is 69.6 cm³/mol. The van der Waals surface area contributed by atoms with Crippen molar-refractivity contribution in [2.24, 2.45) is 4.99 Å². The van der Waals surface area contributed by atoms with Crippen molar-refractivity contribution < 1.29 is 73.4 Å². The fraction of sp³-hybridized carbons (Fsp3) is 0.182. The molecule has 2 aliphatic rings. The van der Waals surface area contributed by atoms with Crippen LogP contribution in [0.1, 0.15) is 0 Å². The molecule has 0 atom stereocenters. The van der Waals surface area contributed by atoms with Crippen molar-refractivity contribution in [3.05, 3.63) is 47.3 Å². The van der Waals surface area contributed by atoms with Crippen LogP contribution >= 0.6 is 0 Å². The van der Waals surface area contributed by atoms with E-state index in [9.17, 15) is 4.79 Å². The Hall–Kier alpha value is -0.850. The molecule has 0 bridgehead atoms. The molecule has 22 heavy (non-hydrogen) atoms. The molecular formula is C11H13N5O3Zn3. The number of ether oxygens (including phenoxy) is 1. The van der Waals surface area contributed by atoms with Crippen molar-refractivity contribution in [2.75, 3.05) is 13.2 Å². The number of aliphatic imine (C=N–C) groups is 1. The zero-order valence-corrected chi connectivity index (χ0v) is 21.0. The summed E-state index contributed by atoms with van der Waals surface area (Å²) in [6, 6.07) is 1.28. The van der Waals surface area contributed by atoms with Gasteiger partial charge in [0.15, 0.2) is 11.7 Å². The second kappa shape index (κ2) is 20.2. The molecule has 1 aliphatic carbocycles. The molecule has 8 nitrogen and oxygen atoms in total. The first kappa shape index (κ1) is 32.9. The maximum atomic E-state index is 11.3.